The molecule has 4 nitrogen and oxygen atoms in total. The number of hydrogen-bond acceptors (Lipinski definition) is 4. The summed E-state index contributed by atoms with van der Waals surface area (Å²) < 4.78 is 0. The van der Waals surface area contributed by atoms with Gasteiger partial charge in [0.25, 0.3) is 0 Å². The van der Waals surface area contributed by atoms with E-state index in [1.165, 1.54) is 0 Å². The first-order valence-corrected chi connectivity index (χ1v) is 8.84. The number of anilines is 2. The SMILES string of the molecule is CN(C)Cc1ccccc1C(=O)C=Cc1cccc(Nc2cccnc2)c1. The van der Waals surface area contributed by atoms with Crippen molar-refractivity contribution in [1.82, 2.24) is 9.88 Å². The molecule has 27 heavy (non-hydrogen) atoms. The van der Waals surface area contributed by atoms with Crippen molar-refractivity contribution in [1.29, 1.82) is 0 Å². The van der Waals surface area contributed by atoms with Crippen LogP contribution in [0.25, 0.3) is 6.08 Å². The molecule has 136 valence electrons. The number of carbonyl (C=O) groups excluding carboxylic acids is 1. The van der Waals surface area contributed by atoms with Crippen molar-refractivity contribution in [3.05, 3.63) is 95.8 Å². The average Bonchev–Trinajstić information content (AvgIpc) is 2.67. The molecule has 0 atom stereocenters. The Morgan fingerprint density at radius 2 is 1.85 bits per heavy atom. The summed E-state index contributed by atoms with van der Waals surface area (Å²) in [7, 11) is 4.00. The lowest BCUT2D eigenvalue weighted by atomic mass is 10.0. The van der Waals surface area contributed by atoms with Crippen LogP contribution in [0.15, 0.2) is 79.1 Å². The first kappa shape index (κ1) is 18.5. The van der Waals surface area contributed by atoms with Crippen LogP contribution < -0.4 is 5.32 Å². The van der Waals surface area contributed by atoms with Crippen LogP contribution in [0.2, 0.25) is 0 Å². The molecule has 1 N–H and O–H groups in total. The van der Waals surface area contributed by atoms with Crippen molar-refractivity contribution in [3.8, 4) is 0 Å². The van der Waals surface area contributed by atoms with E-state index in [-0.39, 0.29) is 5.78 Å². The molecular weight excluding hydrogens is 334 g/mol. The van der Waals surface area contributed by atoms with Crippen LogP contribution in [-0.2, 0) is 6.54 Å². The number of benzene rings is 2. The molecule has 0 fully saturated rings. The second-order valence-corrected chi connectivity index (χ2v) is 6.58. The fourth-order valence-electron chi connectivity index (χ4n) is 2.82. The van der Waals surface area contributed by atoms with Gasteiger partial charge < -0.3 is 10.2 Å². The van der Waals surface area contributed by atoms with Gasteiger partial charge in [-0.3, -0.25) is 9.78 Å². The van der Waals surface area contributed by atoms with E-state index in [1.807, 2.05) is 80.8 Å². The van der Waals surface area contributed by atoms with Gasteiger partial charge in [0.1, 0.15) is 0 Å². The molecule has 0 aliphatic rings. The van der Waals surface area contributed by atoms with Crippen molar-refractivity contribution in [2.45, 2.75) is 6.54 Å². The normalized spacial score (nSPS) is 11.1. The Kier molecular flexibility index (Phi) is 6.13. The summed E-state index contributed by atoms with van der Waals surface area (Å²) in [5, 5.41) is 3.31. The summed E-state index contributed by atoms with van der Waals surface area (Å²) in [6.45, 7) is 0.736. The van der Waals surface area contributed by atoms with Crippen molar-refractivity contribution in [3.63, 3.8) is 0 Å². The van der Waals surface area contributed by atoms with E-state index < -0.39 is 0 Å². The maximum atomic E-state index is 12.7. The highest BCUT2D eigenvalue weighted by atomic mass is 16.1. The van der Waals surface area contributed by atoms with Gasteiger partial charge in [0.2, 0.25) is 0 Å². The minimum Gasteiger partial charge on any atom is -0.354 e. The Hall–Kier alpha value is -3.24. The summed E-state index contributed by atoms with van der Waals surface area (Å²) in [6.07, 6.45) is 7.00. The summed E-state index contributed by atoms with van der Waals surface area (Å²) in [5.74, 6) is 0.0121. The largest absolute Gasteiger partial charge is 0.354 e. The van der Waals surface area contributed by atoms with E-state index in [4.69, 9.17) is 0 Å². The quantitative estimate of drug-likeness (QED) is 0.488. The fraction of sp³-hybridized carbons (Fsp3) is 0.130. The predicted octanol–water partition coefficient (Wildman–Crippen LogP) is 4.78. The predicted molar refractivity (Wildman–Crippen MR) is 111 cm³/mol. The highest BCUT2D eigenvalue weighted by Crippen LogP contribution is 2.18. The third-order valence-electron chi connectivity index (χ3n) is 4.03. The monoisotopic (exact) mass is 357 g/mol. The van der Waals surface area contributed by atoms with E-state index in [0.29, 0.717) is 0 Å². The molecular formula is C23H23N3O. The average molecular weight is 357 g/mol. The zero-order valence-electron chi connectivity index (χ0n) is 15.6. The molecule has 0 saturated carbocycles. The Morgan fingerprint density at radius 1 is 1.04 bits per heavy atom. The second kappa shape index (κ2) is 8.92. The zero-order valence-corrected chi connectivity index (χ0v) is 15.6. The first-order valence-electron chi connectivity index (χ1n) is 8.84. The molecule has 0 amide bonds. The van der Waals surface area contributed by atoms with Crippen molar-refractivity contribution in [2.75, 3.05) is 19.4 Å². The van der Waals surface area contributed by atoms with Gasteiger partial charge in [0, 0.05) is 24.0 Å². The van der Waals surface area contributed by atoms with Gasteiger partial charge in [-0.05, 0) is 55.6 Å². The van der Waals surface area contributed by atoms with Crippen LogP contribution >= 0.6 is 0 Å². The molecule has 0 radical (unpaired) electrons. The maximum Gasteiger partial charge on any atom is 0.186 e. The van der Waals surface area contributed by atoms with Gasteiger partial charge in [-0.2, -0.15) is 0 Å². The Labute approximate surface area is 160 Å². The van der Waals surface area contributed by atoms with Gasteiger partial charge in [0.15, 0.2) is 5.78 Å². The zero-order chi connectivity index (χ0) is 19.1. The van der Waals surface area contributed by atoms with E-state index >= 15 is 0 Å². The number of nitrogens with zero attached hydrogens (tertiary/aromatic N) is 2. The highest BCUT2D eigenvalue weighted by molar-refractivity contribution is 6.07. The number of hydrogen-bond donors (Lipinski definition) is 1. The number of pyridine rings is 1. The molecule has 0 saturated heterocycles. The summed E-state index contributed by atoms with van der Waals surface area (Å²) in [5.41, 5.74) is 4.61. The Balaban J connectivity index is 1.75. The Bertz CT molecular complexity index is 933. The molecule has 0 unspecified atom stereocenters. The molecule has 3 aromatic rings. The minimum absolute atomic E-state index is 0.0121. The van der Waals surface area contributed by atoms with Crippen LogP contribution in [0.4, 0.5) is 11.4 Å². The number of rotatable bonds is 7. The number of nitrogens with one attached hydrogen (secondary N) is 1. The Morgan fingerprint density at radius 3 is 2.63 bits per heavy atom. The van der Waals surface area contributed by atoms with Gasteiger partial charge in [-0.1, -0.05) is 42.5 Å². The van der Waals surface area contributed by atoms with Gasteiger partial charge in [0.05, 0.1) is 11.9 Å². The van der Waals surface area contributed by atoms with Crippen molar-refractivity contribution in [2.24, 2.45) is 0 Å². The smallest absolute Gasteiger partial charge is 0.186 e. The fourth-order valence-corrected chi connectivity index (χ4v) is 2.82. The molecule has 0 aliphatic carbocycles. The van der Waals surface area contributed by atoms with Gasteiger partial charge in [-0.15, -0.1) is 0 Å². The second-order valence-electron chi connectivity index (χ2n) is 6.58. The van der Waals surface area contributed by atoms with Crippen LogP contribution in [0.3, 0.4) is 0 Å². The summed E-state index contributed by atoms with van der Waals surface area (Å²) >= 11 is 0. The first-order chi connectivity index (χ1) is 13.1. The summed E-state index contributed by atoms with van der Waals surface area (Å²) in [4.78, 5) is 18.8. The van der Waals surface area contributed by atoms with Crippen LogP contribution in [0, 0.1) is 0 Å². The molecule has 0 spiro atoms. The molecule has 3 rings (SSSR count). The minimum atomic E-state index is 0.0121. The van der Waals surface area contributed by atoms with E-state index in [9.17, 15) is 4.79 Å². The lowest BCUT2D eigenvalue weighted by molar-refractivity contribution is 0.104. The molecule has 1 aromatic heterocycles. The third kappa shape index (κ3) is 5.36. The number of aromatic nitrogens is 1. The van der Waals surface area contributed by atoms with Crippen LogP contribution in [0.1, 0.15) is 21.5 Å². The number of allylic oxidation sites excluding steroid dienone is 1. The molecule has 4 heteroatoms. The number of carbonyl (C=O) groups is 1. The topological polar surface area (TPSA) is 45.2 Å². The standard InChI is InChI=1S/C23H23N3O/c1-26(2)17-19-8-3-4-11-22(19)23(27)13-12-18-7-5-9-20(15-18)25-21-10-6-14-24-16-21/h3-16,25H,17H2,1-2H3. The summed E-state index contributed by atoms with van der Waals surface area (Å²) in [6, 6.07) is 19.5. The van der Waals surface area contributed by atoms with E-state index in [1.54, 1.807) is 18.5 Å². The van der Waals surface area contributed by atoms with Gasteiger partial charge >= 0.3 is 0 Å². The molecule has 0 aliphatic heterocycles. The maximum absolute atomic E-state index is 12.7. The van der Waals surface area contributed by atoms with Gasteiger partial charge in [-0.25, -0.2) is 0 Å². The van der Waals surface area contributed by atoms with Crippen molar-refractivity contribution >= 4 is 23.2 Å². The lowest BCUT2D eigenvalue weighted by Crippen LogP contribution is -2.13. The van der Waals surface area contributed by atoms with Crippen molar-refractivity contribution < 1.29 is 4.79 Å². The third-order valence-corrected chi connectivity index (χ3v) is 4.03. The van der Waals surface area contributed by atoms with E-state index in [2.05, 4.69) is 15.2 Å². The molecule has 1 heterocycles. The number of ketones is 1. The van der Waals surface area contributed by atoms with Crippen LogP contribution in [0.5, 0.6) is 0 Å². The lowest BCUT2D eigenvalue weighted by Gasteiger charge is -2.12. The van der Waals surface area contributed by atoms with Crippen LogP contribution in [-0.4, -0.2) is 29.8 Å². The highest BCUT2D eigenvalue weighted by Gasteiger charge is 2.08. The van der Waals surface area contributed by atoms with E-state index in [0.717, 1.165) is 34.6 Å². The molecule has 2 aromatic carbocycles. The molecule has 0 bridgehead atoms.